The summed E-state index contributed by atoms with van der Waals surface area (Å²) >= 11 is 2.09. The Morgan fingerprint density at radius 3 is 2.62 bits per heavy atom. The maximum atomic E-state index is 12.7. The van der Waals surface area contributed by atoms with Crippen molar-refractivity contribution in [2.45, 2.75) is 38.0 Å². The van der Waals surface area contributed by atoms with E-state index in [0.717, 1.165) is 11.8 Å². The van der Waals surface area contributed by atoms with Crippen molar-refractivity contribution in [2.24, 2.45) is 5.92 Å². The van der Waals surface area contributed by atoms with Gasteiger partial charge in [0.2, 0.25) is 5.91 Å². The van der Waals surface area contributed by atoms with Crippen molar-refractivity contribution in [1.29, 1.82) is 0 Å². The van der Waals surface area contributed by atoms with Gasteiger partial charge in [-0.2, -0.15) is 0 Å². The largest absolute Gasteiger partial charge is 0.480 e. The molecule has 0 aromatic carbocycles. The van der Waals surface area contributed by atoms with Crippen molar-refractivity contribution in [3.8, 4) is 0 Å². The molecule has 0 bridgehead atoms. The molecule has 24 heavy (non-hydrogen) atoms. The second kappa shape index (κ2) is 7.94. The van der Waals surface area contributed by atoms with E-state index in [4.69, 9.17) is 0 Å². The van der Waals surface area contributed by atoms with Crippen LogP contribution in [0.4, 0.5) is 0 Å². The van der Waals surface area contributed by atoms with E-state index in [2.05, 4.69) is 0 Å². The average molecular weight is 369 g/mol. The SMILES string of the molecule is CC(=O)S[C@H](C(=O)c1cccs1)[C@@H](C)C(=O)N1CCC[C@H]1C(=O)O. The average Bonchev–Trinajstić information content (AvgIpc) is 3.20. The molecule has 8 heteroatoms. The van der Waals surface area contributed by atoms with Gasteiger partial charge >= 0.3 is 5.97 Å². The highest BCUT2D eigenvalue weighted by Crippen LogP contribution is 2.30. The number of carboxylic acids is 1. The lowest BCUT2D eigenvalue weighted by Crippen LogP contribution is -2.46. The van der Waals surface area contributed by atoms with E-state index in [1.54, 1.807) is 24.4 Å². The van der Waals surface area contributed by atoms with Crippen molar-refractivity contribution >= 4 is 45.9 Å². The number of carbonyl (C=O) groups is 4. The summed E-state index contributed by atoms with van der Waals surface area (Å²) in [5.41, 5.74) is 0. The van der Waals surface area contributed by atoms with Crippen molar-refractivity contribution in [1.82, 2.24) is 4.90 Å². The van der Waals surface area contributed by atoms with E-state index in [1.165, 1.54) is 23.2 Å². The Morgan fingerprint density at radius 1 is 1.38 bits per heavy atom. The van der Waals surface area contributed by atoms with E-state index in [-0.39, 0.29) is 16.8 Å². The summed E-state index contributed by atoms with van der Waals surface area (Å²) in [5.74, 6) is -2.46. The molecule has 1 aliphatic heterocycles. The number of rotatable bonds is 6. The fourth-order valence-corrected chi connectivity index (χ4v) is 4.49. The molecule has 1 aromatic heterocycles. The van der Waals surface area contributed by atoms with Gasteiger partial charge in [-0.3, -0.25) is 14.4 Å². The molecule has 1 saturated heterocycles. The van der Waals surface area contributed by atoms with Gasteiger partial charge in [0, 0.05) is 13.5 Å². The molecule has 0 saturated carbocycles. The zero-order valence-electron chi connectivity index (χ0n) is 13.4. The second-order valence-electron chi connectivity index (χ2n) is 5.69. The van der Waals surface area contributed by atoms with Crippen LogP contribution in [0.3, 0.4) is 0 Å². The van der Waals surface area contributed by atoms with Gasteiger partial charge in [-0.1, -0.05) is 24.8 Å². The van der Waals surface area contributed by atoms with Crippen molar-refractivity contribution in [2.75, 3.05) is 6.54 Å². The van der Waals surface area contributed by atoms with Crippen LogP contribution in [0.15, 0.2) is 17.5 Å². The van der Waals surface area contributed by atoms with Gasteiger partial charge in [0.05, 0.1) is 16.0 Å². The van der Waals surface area contributed by atoms with Crippen LogP contribution in [0.5, 0.6) is 0 Å². The summed E-state index contributed by atoms with van der Waals surface area (Å²) in [6.45, 7) is 3.31. The molecule has 2 rings (SSSR count). The number of carboxylic acid groups (broad SMARTS) is 1. The number of thioether (sulfide) groups is 1. The Bertz CT molecular complexity index is 643. The van der Waals surface area contributed by atoms with Gasteiger partial charge in [0.25, 0.3) is 0 Å². The molecule has 3 atom stereocenters. The minimum atomic E-state index is -1.03. The Hall–Kier alpha value is -1.67. The van der Waals surface area contributed by atoms with Gasteiger partial charge in [-0.05, 0) is 24.3 Å². The van der Waals surface area contributed by atoms with Gasteiger partial charge < -0.3 is 10.0 Å². The number of carbonyl (C=O) groups excluding carboxylic acids is 3. The molecule has 130 valence electrons. The van der Waals surface area contributed by atoms with Crippen LogP contribution in [-0.4, -0.2) is 50.6 Å². The minimum Gasteiger partial charge on any atom is -0.480 e. The Labute approximate surface area is 148 Å². The maximum absolute atomic E-state index is 12.7. The highest BCUT2D eigenvalue weighted by atomic mass is 32.2. The van der Waals surface area contributed by atoms with Gasteiger partial charge in [-0.25, -0.2) is 4.79 Å². The lowest BCUT2D eigenvalue weighted by Gasteiger charge is -2.28. The van der Waals surface area contributed by atoms with E-state index >= 15 is 0 Å². The smallest absolute Gasteiger partial charge is 0.326 e. The number of aliphatic carboxylic acids is 1. The summed E-state index contributed by atoms with van der Waals surface area (Å²) < 4.78 is 0. The number of thiophene rings is 1. The zero-order valence-corrected chi connectivity index (χ0v) is 15.1. The monoisotopic (exact) mass is 369 g/mol. The van der Waals surface area contributed by atoms with Crippen molar-refractivity contribution < 1.29 is 24.3 Å². The molecule has 0 aliphatic carbocycles. The second-order valence-corrected chi connectivity index (χ2v) is 7.95. The zero-order chi connectivity index (χ0) is 17.9. The minimum absolute atomic E-state index is 0.249. The van der Waals surface area contributed by atoms with Crippen LogP contribution >= 0.6 is 23.1 Å². The first-order valence-electron chi connectivity index (χ1n) is 7.61. The Morgan fingerprint density at radius 2 is 2.08 bits per heavy atom. The van der Waals surface area contributed by atoms with Crippen LogP contribution in [-0.2, 0) is 14.4 Å². The van der Waals surface area contributed by atoms with E-state index in [1.807, 2.05) is 0 Å². The number of ketones is 1. The molecule has 0 radical (unpaired) electrons. The number of likely N-dealkylation sites (tertiary alicyclic amines) is 1. The third-order valence-electron chi connectivity index (χ3n) is 3.98. The van der Waals surface area contributed by atoms with Crippen LogP contribution < -0.4 is 0 Å². The Balaban J connectivity index is 2.22. The highest BCUT2D eigenvalue weighted by molar-refractivity contribution is 8.14. The van der Waals surface area contributed by atoms with E-state index in [9.17, 15) is 24.3 Å². The molecule has 1 fully saturated rings. The summed E-state index contributed by atoms with van der Waals surface area (Å²) in [6, 6.07) is 2.55. The van der Waals surface area contributed by atoms with Crippen LogP contribution in [0.25, 0.3) is 0 Å². The van der Waals surface area contributed by atoms with Crippen LogP contribution in [0.1, 0.15) is 36.4 Å². The van der Waals surface area contributed by atoms with Crippen molar-refractivity contribution in [3.63, 3.8) is 0 Å². The van der Waals surface area contributed by atoms with Gasteiger partial charge in [-0.15, -0.1) is 11.3 Å². The molecular weight excluding hydrogens is 350 g/mol. The number of hydrogen-bond donors (Lipinski definition) is 1. The molecular formula is C16H19NO5S2. The number of nitrogens with zero attached hydrogens (tertiary/aromatic N) is 1. The molecule has 0 spiro atoms. The van der Waals surface area contributed by atoms with Crippen LogP contribution in [0.2, 0.25) is 0 Å². The maximum Gasteiger partial charge on any atom is 0.326 e. The third kappa shape index (κ3) is 4.05. The third-order valence-corrected chi connectivity index (χ3v) is 6.07. The van der Waals surface area contributed by atoms with E-state index < -0.39 is 23.2 Å². The lowest BCUT2D eigenvalue weighted by molar-refractivity contribution is -0.149. The molecule has 1 aliphatic rings. The summed E-state index contributed by atoms with van der Waals surface area (Å²) in [7, 11) is 0. The first kappa shape index (κ1) is 18.7. The normalized spacial score (nSPS) is 19.8. The number of hydrogen-bond acceptors (Lipinski definition) is 6. The molecule has 1 amide bonds. The topological polar surface area (TPSA) is 91.8 Å². The quantitative estimate of drug-likeness (QED) is 0.774. The molecule has 1 aromatic rings. The molecule has 6 nitrogen and oxygen atoms in total. The predicted molar refractivity (Wildman–Crippen MR) is 92.2 cm³/mol. The van der Waals surface area contributed by atoms with Gasteiger partial charge in [0.1, 0.15) is 6.04 Å². The fourth-order valence-electron chi connectivity index (χ4n) is 2.80. The summed E-state index contributed by atoms with van der Waals surface area (Å²) in [5, 5.41) is 9.91. The first-order chi connectivity index (χ1) is 11.3. The van der Waals surface area contributed by atoms with Gasteiger partial charge in [0.15, 0.2) is 10.9 Å². The lowest BCUT2D eigenvalue weighted by atomic mass is 10.0. The first-order valence-corrected chi connectivity index (χ1v) is 9.37. The fraction of sp³-hybridized carbons (Fsp3) is 0.500. The summed E-state index contributed by atoms with van der Waals surface area (Å²) in [6.07, 6.45) is 1.04. The van der Waals surface area contributed by atoms with Crippen LogP contribution in [0, 0.1) is 5.92 Å². The Kier molecular flexibility index (Phi) is 6.17. The standard InChI is InChI=1S/C16H19NO5S2/c1-9(15(20)17-7-3-5-11(17)16(21)22)14(24-10(2)18)13(19)12-6-4-8-23-12/h4,6,8-9,11,14H,3,5,7H2,1-2H3,(H,21,22)/t9-,11+,14+/m1/s1. The number of amides is 1. The van der Waals surface area contributed by atoms with Crippen molar-refractivity contribution in [3.05, 3.63) is 22.4 Å². The molecule has 0 unspecified atom stereocenters. The number of Topliss-reactive ketones (excluding diaryl/α,β-unsaturated/α-hetero) is 1. The highest BCUT2D eigenvalue weighted by Gasteiger charge is 2.40. The molecule has 1 N–H and O–H groups in total. The predicted octanol–water partition coefficient (Wildman–Crippen LogP) is 2.29. The molecule has 2 heterocycles. The van der Waals surface area contributed by atoms with E-state index in [0.29, 0.717) is 24.3 Å². The summed E-state index contributed by atoms with van der Waals surface area (Å²) in [4.78, 5) is 50.1.